The van der Waals surface area contributed by atoms with Gasteiger partial charge in [0.05, 0.1) is 4.75 Å². The van der Waals surface area contributed by atoms with Crippen LogP contribution < -0.4 is 0 Å². The summed E-state index contributed by atoms with van der Waals surface area (Å²) >= 11 is 0. The van der Waals surface area contributed by atoms with Crippen LogP contribution in [0.1, 0.15) is 64.2 Å². The summed E-state index contributed by atoms with van der Waals surface area (Å²) in [6.07, 6.45) is 22.3. The molecule has 1 aliphatic carbocycles. The van der Waals surface area contributed by atoms with Crippen LogP contribution >= 0.6 is 0 Å². The second kappa shape index (κ2) is 7.26. The molecule has 2 aliphatic heterocycles. The normalized spacial score (nSPS) is 36.2. The smallest absolute Gasteiger partial charge is 0.170 e. The van der Waals surface area contributed by atoms with Gasteiger partial charge in [0.1, 0.15) is 4.75 Å². The third kappa shape index (κ3) is 2.89. The number of hydrogen-bond acceptors (Lipinski definition) is 2. The average molecular weight is 361 g/mol. The van der Waals surface area contributed by atoms with Gasteiger partial charge in [-0.25, -0.2) is 8.42 Å². The number of sulfone groups is 1. The molecule has 0 amide bonds. The molecule has 0 aromatic heterocycles. The summed E-state index contributed by atoms with van der Waals surface area (Å²) in [6.45, 7) is 7.52. The summed E-state index contributed by atoms with van der Waals surface area (Å²) in [6, 6.07) is 0. The Morgan fingerprint density at radius 2 is 1.32 bits per heavy atom. The number of hydrogen-bond donors (Lipinski definition) is 0. The van der Waals surface area contributed by atoms with Crippen molar-refractivity contribution >= 4 is 9.84 Å². The SMILES string of the molecule is C=CCCCCCC12C=CC3C(C=C1)C3(CCCCCC=C)S2(=O)=O. The molecule has 3 heteroatoms. The summed E-state index contributed by atoms with van der Waals surface area (Å²) < 4.78 is 25.9. The maximum absolute atomic E-state index is 13.6. The first-order valence-corrected chi connectivity index (χ1v) is 11.4. The third-order valence-corrected chi connectivity index (χ3v) is 9.76. The molecule has 3 rings (SSSR count). The molecule has 25 heavy (non-hydrogen) atoms. The van der Waals surface area contributed by atoms with Crippen LogP contribution in [0, 0.1) is 11.8 Å². The van der Waals surface area contributed by atoms with Crippen molar-refractivity contribution in [1.29, 1.82) is 0 Å². The van der Waals surface area contributed by atoms with Gasteiger partial charge in [0.2, 0.25) is 0 Å². The van der Waals surface area contributed by atoms with E-state index in [4.69, 9.17) is 0 Å². The van der Waals surface area contributed by atoms with Crippen LogP contribution in [-0.2, 0) is 9.84 Å². The predicted octanol–water partition coefficient (Wildman–Crippen LogP) is 5.54. The zero-order valence-corrected chi connectivity index (χ0v) is 16.1. The lowest BCUT2D eigenvalue weighted by Crippen LogP contribution is -2.48. The Morgan fingerprint density at radius 1 is 0.800 bits per heavy atom. The van der Waals surface area contributed by atoms with Crippen molar-refractivity contribution in [3.8, 4) is 0 Å². The fraction of sp³-hybridized carbons (Fsp3) is 0.636. The second-order valence-electron chi connectivity index (χ2n) is 7.96. The predicted molar refractivity (Wildman–Crippen MR) is 106 cm³/mol. The molecule has 0 spiro atoms. The summed E-state index contributed by atoms with van der Waals surface area (Å²) in [5, 5.41) is 0. The van der Waals surface area contributed by atoms with Gasteiger partial charge in [0.25, 0.3) is 0 Å². The zero-order valence-electron chi connectivity index (χ0n) is 15.3. The molecule has 1 saturated carbocycles. The Kier molecular flexibility index (Phi) is 5.43. The molecule has 2 heterocycles. The monoisotopic (exact) mass is 360 g/mol. The summed E-state index contributed by atoms with van der Waals surface area (Å²) in [5.74, 6) is 0.453. The second-order valence-corrected chi connectivity index (χ2v) is 10.5. The fourth-order valence-electron chi connectivity index (χ4n) is 5.02. The minimum Gasteiger partial charge on any atom is -0.227 e. The van der Waals surface area contributed by atoms with Gasteiger partial charge in [0, 0.05) is 11.8 Å². The first-order chi connectivity index (χ1) is 12.1. The van der Waals surface area contributed by atoms with Crippen molar-refractivity contribution in [1.82, 2.24) is 0 Å². The van der Waals surface area contributed by atoms with Crippen LogP contribution in [0.15, 0.2) is 49.6 Å². The molecule has 0 aromatic carbocycles. The van der Waals surface area contributed by atoms with Crippen LogP contribution in [0.2, 0.25) is 0 Å². The Balaban J connectivity index is 1.68. The van der Waals surface area contributed by atoms with E-state index in [1.54, 1.807) is 0 Å². The van der Waals surface area contributed by atoms with Crippen molar-refractivity contribution < 1.29 is 8.42 Å². The molecule has 138 valence electrons. The van der Waals surface area contributed by atoms with Crippen LogP contribution in [-0.4, -0.2) is 17.9 Å². The molecular weight excluding hydrogens is 328 g/mol. The molecular formula is C22H32O2S. The lowest BCUT2D eigenvalue weighted by atomic mass is 9.96. The number of rotatable bonds is 12. The number of allylic oxidation sites excluding steroid dienone is 4. The van der Waals surface area contributed by atoms with E-state index in [0.717, 1.165) is 64.2 Å². The van der Waals surface area contributed by atoms with Crippen molar-refractivity contribution in [3.05, 3.63) is 49.6 Å². The third-order valence-electron chi connectivity index (χ3n) is 6.53. The highest BCUT2D eigenvalue weighted by molar-refractivity contribution is 7.95. The van der Waals surface area contributed by atoms with Crippen molar-refractivity contribution in [2.45, 2.75) is 73.7 Å². The number of fused-ring (bicyclic) bond motifs is 2. The van der Waals surface area contributed by atoms with Gasteiger partial charge in [-0.3, -0.25) is 0 Å². The molecule has 0 aromatic rings. The Bertz CT molecular complexity index is 648. The van der Waals surface area contributed by atoms with Crippen LogP contribution in [0.3, 0.4) is 0 Å². The topological polar surface area (TPSA) is 34.1 Å². The largest absolute Gasteiger partial charge is 0.227 e. The van der Waals surface area contributed by atoms with Gasteiger partial charge in [-0.1, -0.05) is 62.1 Å². The molecule has 2 nitrogen and oxygen atoms in total. The van der Waals surface area contributed by atoms with Gasteiger partial charge >= 0.3 is 0 Å². The summed E-state index contributed by atoms with van der Waals surface area (Å²) in [5.41, 5.74) is 0. The minimum atomic E-state index is -3.15. The molecule has 0 radical (unpaired) electrons. The maximum atomic E-state index is 13.6. The Morgan fingerprint density at radius 3 is 1.84 bits per heavy atom. The van der Waals surface area contributed by atoms with E-state index < -0.39 is 19.3 Å². The van der Waals surface area contributed by atoms with Crippen LogP contribution in [0.25, 0.3) is 0 Å². The highest BCUT2D eigenvalue weighted by Gasteiger charge is 2.76. The van der Waals surface area contributed by atoms with Crippen LogP contribution in [0.4, 0.5) is 0 Å². The van der Waals surface area contributed by atoms with E-state index in [1.165, 1.54) is 0 Å². The van der Waals surface area contributed by atoms with Crippen molar-refractivity contribution in [3.63, 3.8) is 0 Å². The molecule has 2 unspecified atom stereocenters. The lowest BCUT2D eigenvalue weighted by Gasteiger charge is -2.37. The fourth-order valence-corrected chi connectivity index (χ4v) is 8.17. The van der Waals surface area contributed by atoms with E-state index in [1.807, 2.05) is 24.3 Å². The molecule has 2 atom stereocenters. The standard InChI is InChI=1S/C22H32O2S/c1-3-5-7-9-11-15-21-17-13-19-20(14-18-21)22(19,25(21,23)24)16-12-10-8-6-4-2/h3-4,13-14,17-20H,1-2,5-12,15-16H2. The van der Waals surface area contributed by atoms with E-state index in [-0.39, 0.29) is 11.8 Å². The quantitative estimate of drug-likeness (QED) is 0.338. The molecule has 0 N–H and O–H groups in total. The summed E-state index contributed by atoms with van der Waals surface area (Å²) in [7, 11) is -3.15. The highest BCUT2D eigenvalue weighted by atomic mass is 32.2. The zero-order chi connectivity index (χ0) is 18.0. The summed E-state index contributed by atoms with van der Waals surface area (Å²) in [4.78, 5) is 0. The van der Waals surface area contributed by atoms with E-state index in [9.17, 15) is 8.42 Å². The van der Waals surface area contributed by atoms with E-state index in [0.29, 0.717) is 0 Å². The van der Waals surface area contributed by atoms with Gasteiger partial charge in [-0.2, -0.15) is 0 Å². The maximum Gasteiger partial charge on any atom is 0.170 e. The van der Waals surface area contributed by atoms with E-state index >= 15 is 0 Å². The molecule has 0 saturated heterocycles. The van der Waals surface area contributed by atoms with Gasteiger partial charge in [0.15, 0.2) is 9.84 Å². The first kappa shape index (κ1) is 18.7. The number of unbranched alkanes of at least 4 members (excludes halogenated alkanes) is 6. The molecule has 2 bridgehead atoms. The first-order valence-electron chi connectivity index (χ1n) is 9.90. The van der Waals surface area contributed by atoms with Crippen LogP contribution in [0.5, 0.6) is 0 Å². The van der Waals surface area contributed by atoms with Crippen molar-refractivity contribution in [2.75, 3.05) is 0 Å². The molecule has 3 aliphatic rings. The lowest BCUT2D eigenvalue weighted by molar-refractivity contribution is 0.496. The van der Waals surface area contributed by atoms with E-state index in [2.05, 4.69) is 25.3 Å². The molecule has 1 fully saturated rings. The Hall–Kier alpha value is -1.09. The van der Waals surface area contributed by atoms with Crippen molar-refractivity contribution in [2.24, 2.45) is 11.8 Å². The van der Waals surface area contributed by atoms with Gasteiger partial charge in [-0.05, 0) is 38.5 Å². The Labute approximate surface area is 153 Å². The van der Waals surface area contributed by atoms with Gasteiger partial charge in [-0.15, -0.1) is 13.2 Å². The van der Waals surface area contributed by atoms with Gasteiger partial charge < -0.3 is 0 Å². The highest BCUT2D eigenvalue weighted by Crippen LogP contribution is 2.68. The minimum absolute atomic E-state index is 0.226. The average Bonchev–Trinajstić information content (AvgIpc) is 3.28.